The van der Waals surface area contributed by atoms with Crippen molar-refractivity contribution in [2.75, 3.05) is 6.61 Å². The van der Waals surface area contributed by atoms with Crippen LogP contribution in [0.1, 0.15) is 40.5 Å². The molecule has 0 aliphatic carbocycles. The van der Waals surface area contributed by atoms with E-state index in [9.17, 15) is 19.7 Å². The van der Waals surface area contributed by atoms with Crippen molar-refractivity contribution in [2.24, 2.45) is 5.73 Å². The van der Waals surface area contributed by atoms with Crippen LogP contribution in [0, 0.1) is 10.1 Å². The molecule has 0 spiro atoms. The topological polar surface area (TPSA) is 122 Å². The van der Waals surface area contributed by atoms with Crippen molar-refractivity contribution in [1.82, 2.24) is 0 Å². The molecule has 0 saturated carbocycles. The monoisotopic (exact) mass is 358 g/mol. The van der Waals surface area contributed by atoms with E-state index in [0.717, 1.165) is 18.9 Å². The van der Waals surface area contributed by atoms with Crippen LogP contribution in [0.5, 0.6) is 11.5 Å². The summed E-state index contributed by atoms with van der Waals surface area (Å²) in [5, 5.41) is 11.2. The molecule has 0 saturated heterocycles. The first-order valence-electron chi connectivity index (χ1n) is 7.95. The standard InChI is InChI=1S/C18H18N2O6/c1-2-3-10-25-18(22)12-4-7-14(8-5-12)26-16-9-6-13(17(19)21)11-15(16)20(23)24/h4-9,11H,2-3,10H2,1H3,(H2,19,21). The molecule has 2 aromatic carbocycles. The van der Waals surface area contributed by atoms with Crippen LogP contribution in [0.15, 0.2) is 42.5 Å². The molecule has 136 valence electrons. The van der Waals surface area contributed by atoms with Gasteiger partial charge in [-0.25, -0.2) is 4.79 Å². The third-order valence-corrected chi connectivity index (χ3v) is 3.49. The highest BCUT2D eigenvalue weighted by molar-refractivity contribution is 5.93. The molecule has 0 atom stereocenters. The molecule has 26 heavy (non-hydrogen) atoms. The van der Waals surface area contributed by atoms with E-state index < -0.39 is 16.8 Å². The van der Waals surface area contributed by atoms with E-state index in [-0.39, 0.29) is 17.0 Å². The van der Waals surface area contributed by atoms with Crippen molar-refractivity contribution in [3.63, 3.8) is 0 Å². The number of benzene rings is 2. The summed E-state index contributed by atoms with van der Waals surface area (Å²) in [4.78, 5) is 33.5. The summed E-state index contributed by atoms with van der Waals surface area (Å²) in [5.74, 6) is -0.962. The maximum absolute atomic E-state index is 11.8. The van der Waals surface area contributed by atoms with Crippen LogP contribution < -0.4 is 10.5 Å². The van der Waals surface area contributed by atoms with Gasteiger partial charge in [0.2, 0.25) is 11.7 Å². The molecule has 1 amide bonds. The predicted octanol–water partition coefficient (Wildman–Crippen LogP) is 3.44. The summed E-state index contributed by atoms with van der Waals surface area (Å²) >= 11 is 0. The molecule has 0 fully saturated rings. The van der Waals surface area contributed by atoms with E-state index in [2.05, 4.69) is 0 Å². The Kier molecular flexibility index (Phi) is 6.26. The van der Waals surface area contributed by atoms with Gasteiger partial charge in [-0.2, -0.15) is 0 Å². The summed E-state index contributed by atoms with van der Waals surface area (Å²) < 4.78 is 10.6. The Labute approximate surface area is 149 Å². The summed E-state index contributed by atoms with van der Waals surface area (Å²) in [6, 6.07) is 9.71. The minimum atomic E-state index is -0.773. The lowest BCUT2D eigenvalue weighted by Crippen LogP contribution is -2.11. The number of esters is 1. The first-order valence-corrected chi connectivity index (χ1v) is 7.95. The lowest BCUT2D eigenvalue weighted by atomic mass is 10.1. The molecule has 2 N–H and O–H groups in total. The first-order chi connectivity index (χ1) is 12.4. The Hall–Kier alpha value is -3.42. The molecule has 0 aromatic heterocycles. The van der Waals surface area contributed by atoms with Gasteiger partial charge in [-0.15, -0.1) is 0 Å². The average molecular weight is 358 g/mol. The minimum Gasteiger partial charge on any atom is -0.462 e. The van der Waals surface area contributed by atoms with Crippen LogP contribution >= 0.6 is 0 Å². The molecule has 2 aromatic rings. The van der Waals surface area contributed by atoms with Crippen molar-refractivity contribution < 1.29 is 24.0 Å². The number of rotatable bonds is 8. The number of nitro benzene ring substituents is 1. The van der Waals surface area contributed by atoms with Crippen molar-refractivity contribution in [2.45, 2.75) is 19.8 Å². The number of unbranched alkanes of at least 4 members (excludes halogenated alkanes) is 1. The van der Waals surface area contributed by atoms with Crippen LogP contribution in [-0.2, 0) is 4.74 Å². The third kappa shape index (κ3) is 4.79. The summed E-state index contributed by atoms with van der Waals surface area (Å²) in [5.41, 5.74) is 5.11. The smallest absolute Gasteiger partial charge is 0.338 e. The van der Waals surface area contributed by atoms with Crippen molar-refractivity contribution in [1.29, 1.82) is 0 Å². The second-order valence-corrected chi connectivity index (χ2v) is 5.42. The van der Waals surface area contributed by atoms with E-state index in [4.69, 9.17) is 15.2 Å². The number of amides is 1. The molecule has 0 radical (unpaired) electrons. The molecule has 0 aliphatic heterocycles. The molecular weight excluding hydrogens is 340 g/mol. The quantitative estimate of drug-likeness (QED) is 0.334. The number of nitrogens with two attached hydrogens (primary N) is 1. The number of hydrogen-bond donors (Lipinski definition) is 1. The average Bonchev–Trinajstić information content (AvgIpc) is 2.62. The van der Waals surface area contributed by atoms with Gasteiger partial charge in [0.05, 0.1) is 17.1 Å². The zero-order valence-corrected chi connectivity index (χ0v) is 14.1. The Balaban J connectivity index is 2.15. The number of hydrogen-bond acceptors (Lipinski definition) is 6. The predicted molar refractivity (Wildman–Crippen MR) is 93.3 cm³/mol. The molecule has 8 nitrogen and oxygen atoms in total. The number of primary amides is 1. The maximum Gasteiger partial charge on any atom is 0.338 e. The normalized spacial score (nSPS) is 10.2. The van der Waals surface area contributed by atoms with E-state index in [1.54, 1.807) is 0 Å². The highest BCUT2D eigenvalue weighted by Gasteiger charge is 2.18. The number of ether oxygens (including phenoxy) is 2. The molecule has 0 heterocycles. The van der Waals surface area contributed by atoms with Gasteiger partial charge in [-0.05, 0) is 42.8 Å². The summed E-state index contributed by atoms with van der Waals surface area (Å²) in [6.45, 7) is 2.35. The lowest BCUT2D eigenvalue weighted by molar-refractivity contribution is -0.385. The Morgan fingerprint density at radius 3 is 2.35 bits per heavy atom. The Bertz CT molecular complexity index is 817. The molecule has 0 unspecified atom stereocenters. The van der Waals surface area contributed by atoms with Gasteiger partial charge in [0, 0.05) is 11.6 Å². The first kappa shape index (κ1) is 18.9. The van der Waals surface area contributed by atoms with Crippen molar-refractivity contribution in [3.8, 4) is 11.5 Å². The highest BCUT2D eigenvalue weighted by atomic mass is 16.6. The van der Waals surface area contributed by atoms with Crippen LogP contribution in [0.25, 0.3) is 0 Å². The molecule has 0 aliphatic rings. The second-order valence-electron chi connectivity index (χ2n) is 5.42. The van der Waals surface area contributed by atoms with Gasteiger partial charge in [-0.3, -0.25) is 14.9 Å². The molecule has 8 heteroatoms. The SMILES string of the molecule is CCCCOC(=O)c1ccc(Oc2ccc(C(N)=O)cc2[N+](=O)[O-])cc1. The van der Waals surface area contributed by atoms with Gasteiger partial charge in [0.15, 0.2) is 0 Å². The number of nitro groups is 1. The van der Waals surface area contributed by atoms with Gasteiger partial charge in [0.1, 0.15) is 5.75 Å². The highest BCUT2D eigenvalue weighted by Crippen LogP contribution is 2.32. The lowest BCUT2D eigenvalue weighted by Gasteiger charge is -2.08. The zero-order chi connectivity index (χ0) is 19.1. The van der Waals surface area contributed by atoms with Gasteiger partial charge < -0.3 is 15.2 Å². The van der Waals surface area contributed by atoms with Gasteiger partial charge in [0.25, 0.3) is 0 Å². The largest absolute Gasteiger partial charge is 0.462 e. The molecule has 2 rings (SSSR count). The summed E-state index contributed by atoms with van der Waals surface area (Å²) in [7, 11) is 0. The summed E-state index contributed by atoms with van der Waals surface area (Å²) in [6.07, 6.45) is 1.71. The van der Waals surface area contributed by atoms with E-state index in [0.29, 0.717) is 17.9 Å². The third-order valence-electron chi connectivity index (χ3n) is 3.49. The van der Waals surface area contributed by atoms with E-state index in [1.165, 1.54) is 36.4 Å². The fourth-order valence-corrected chi connectivity index (χ4v) is 2.08. The fourth-order valence-electron chi connectivity index (χ4n) is 2.08. The van der Waals surface area contributed by atoms with Crippen LogP contribution in [-0.4, -0.2) is 23.4 Å². The Morgan fingerprint density at radius 2 is 1.77 bits per heavy atom. The van der Waals surface area contributed by atoms with E-state index in [1.807, 2.05) is 6.92 Å². The Morgan fingerprint density at radius 1 is 1.12 bits per heavy atom. The number of carbonyl (C=O) groups is 2. The number of nitrogens with zero attached hydrogens (tertiary/aromatic N) is 1. The zero-order valence-electron chi connectivity index (χ0n) is 14.1. The molecule has 0 bridgehead atoms. The van der Waals surface area contributed by atoms with Gasteiger partial charge >= 0.3 is 11.7 Å². The second kappa shape index (κ2) is 8.61. The van der Waals surface area contributed by atoms with Crippen LogP contribution in [0.2, 0.25) is 0 Å². The van der Waals surface area contributed by atoms with Gasteiger partial charge in [-0.1, -0.05) is 13.3 Å². The fraction of sp³-hybridized carbons (Fsp3) is 0.222. The van der Waals surface area contributed by atoms with E-state index >= 15 is 0 Å². The number of carbonyl (C=O) groups excluding carboxylic acids is 2. The van der Waals surface area contributed by atoms with Crippen molar-refractivity contribution in [3.05, 3.63) is 63.7 Å². The van der Waals surface area contributed by atoms with Crippen molar-refractivity contribution >= 4 is 17.6 Å². The van der Waals surface area contributed by atoms with Crippen LogP contribution in [0.4, 0.5) is 5.69 Å². The maximum atomic E-state index is 11.8. The van der Waals surface area contributed by atoms with Crippen LogP contribution in [0.3, 0.4) is 0 Å². The molecular formula is C18H18N2O6. The minimum absolute atomic E-state index is 0.00854.